The quantitative estimate of drug-likeness (QED) is 0.586. The smallest absolute Gasteiger partial charge is 0.211 e. The molecule has 0 saturated carbocycles. The molecule has 1 aromatic rings. The second-order valence-corrected chi connectivity index (χ2v) is 2.86. The Kier molecular flexibility index (Phi) is 1.81. The van der Waals surface area contributed by atoms with Gasteiger partial charge in [0.1, 0.15) is 5.71 Å². The van der Waals surface area contributed by atoms with Gasteiger partial charge in [0.25, 0.3) is 0 Å². The lowest BCUT2D eigenvalue weighted by atomic mass is 9.95. The summed E-state index contributed by atoms with van der Waals surface area (Å²) in [7, 11) is 1.63. The predicted octanol–water partition coefficient (Wildman–Crippen LogP) is 1.97. The van der Waals surface area contributed by atoms with E-state index in [0.29, 0.717) is 5.71 Å². The minimum Gasteiger partial charge on any atom is -0.287 e. The molecule has 0 aliphatic heterocycles. The van der Waals surface area contributed by atoms with Crippen LogP contribution in [0.15, 0.2) is 35.3 Å². The highest BCUT2D eigenvalue weighted by molar-refractivity contribution is 6.52. The van der Waals surface area contributed by atoms with Crippen LogP contribution in [0.5, 0.6) is 0 Å². The molecule has 0 unspecified atom stereocenters. The molecule has 0 spiro atoms. The van der Waals surface area contributed by atoms with Gasteiger partial charge in [-0.2, -0.15) is 0 Å². The molecule has 13 heavy (non-hydrogen) atoms. The van der Waals surface area contributed by atoms with Gasteiger partial charge in [-0.15, -0.1) is 0 Å². The van der Waals surface area contributed by atoms with Crippen molar-refractivity contribution in [2.45, 2.75) is 0 Å². The number of allylic oxidation sites excluding steroid dienone is 1. The Morgan fingerprint density at radius 2 is 1.92 bits per heavy atom. The molecule has 1 aromatic carbocycles. The van der Waals surface area contributed by atoms with Gasteiger partial charge in [-0.3, -0.25) is 9.79 Å². The van der Waals surface area contributed by atoms with Crippen LogP contribution in [0.3, 0.4) is 0 Å². The summed E-state index contributed by atoms with van der Waals surface area (Å²) in [5.74, 6) is 0.0144. The molecular formula is C11H9NO. The summed E-state index contributed by atoms with van der Waals surface area (Å²) in [6.07, 6.45) is 3.67. The van der Waals surface area contributed by atoms with Gasteiger partial charge in [-0.25, -0.2) is 0 Å². The van der Waals surface area contributed by atoms with E-state index >= 15 is 0 Å². The maximum atomic E-state index is 11.7. The van der Waals surface area contributed by atoms with Gasteiger partial charge >= 0.3 is 0 Å². The van der Waals surface area contributed by atoms with Crippen molar-refractivity contribution < 1.29 is 4.79 Å². The van der Waals surface area contributed by atoms with Crippen LogP contribution in [0.25, 0.3) is 6.08 Å². The van der Waals surface area contributed by atoms with E-state index in [9.17, 15) is 4.79 Å². The van der Waals surface area contributed by atoms with E-state index in [1.165, 1.54) is 0 Å². The molecule has 0 fully saturated rings. The SMILES string of the molecule is CN=C1C=Cc2ccccc2C1=O. The topological polar surface area (TPSA) is 29.4 Å². The molecule has 2 nitrogen and oxygen atoms in total. The summed E-state index contributed by atoms with van der Waals surface area (Å²) in [5.41, 5.74) is 2.24. The van der Waals surface area contributed by atoms with Crippen LogP contribution >= 0.6 is 0 Å². The normalized spacial score (nSPS) is 17.6. The molecule has 1 aliphatic rings. The summed E-state index contributed by atoms with van der Waals surface area (Å²) >= 11 is 0. The summed E-state index contributed by atoms with van der Waals surface area (Å²) in [6.45, 7) is 0. The molecule has 2 rings (SSSR count). The lowest BCUT2D eigenvalue weighted by Gasteiger charge is -2.09. The standard InChI is InChI=1S/C11H9NO/c1-12-10-7-6-8-4-2-3-5-9(8)11(10)13/h2-7H,1H3. The number of hydrogen-bond donors (Lipinski definition) is 0. The second kappa shape index (κ2) is 2.98. The fourth-order valence-electron chi connectivity index (χ4n) is 1.41. The van der Waals surface area contributed by atoms with Crippen LogP contribution in [0, 0.1) is 0 Å². The molecule has 0 bridgehead atoms. The first kappa shape index (κ1) is 7.92. The third-order valence-electron chi connectivity index (χ3n) is 2.10. The largest absolute Gasteiger partial charge is 0.287 e. The average Bonchev–Trinajstić information content (AvgIpc) is 2.19. The van der Waals surface area contributed by atoms with Crippen molar-refractivity contribution in [1.29, 1.82) is 0 Å². The van der Waals surface area contributed by atoms with Crippen LogP contribution < -0.4 is 0 Å². The van der Waals surface area contributed by atoms with Gasteiger partial charge in [0.15, 0.2) is 0 Å². The fourth-order valence-corrected chi connectivity index (χ4v) is 1.41. The van der Waals surface area contributed by atoms with Crippen molar-refractivity contribution >= 4 is 17.6 Å². The van der Waals surface area contributed by atoms with Crippen molar-refractivity contribution in [1.82, 2.24) is 0 Å². The monoisotopic (exact) mass is 171 g/mol. The number of nitrogens with zero attached hydrogens (tertiary/aromatic N) is 1. The molecule has 0 aromatic heterocycles. The zero-order valence-corrected chi connectivity index (χ0v) is 7.32. The van der Waals surface area contributed by atoms with Gasteiger partial charge < -0.3 is 0 Å². The van der Waals surface area contributed by atoms with Crippen LogP contribution in [0.1, 0.15) is 15.9 Å². The molecule has 0 N–H and O–H groups in total. The lowest BCUT2D eigenvalue weighted by Crippen LogP contribution is -2.16. The van der Waals surface area contributed by atoms with E-state index in [0.717, 1.165) is 11.1 Å². The molecule has 0 radical (unpaired) electrons. The van der Waals surface area contributed by atoms with Crippen molar-refractivity contribution in [3.05, 3.63) is 41.5 Å². The Morgan fingerprint density at radius 3 is 2.69 bits per heavy atom. The molecule has 0 amide bonds. The summed E-state index contributed by atoms with van der Waals surface area (Å²) in [5, 5.41) is 0. The zero-order chi connectivity index (χ0) is 9.26. The molecule has 1 aliphatic carbocycles. The molecule has 0 saturated heterocycles. The number of ketones is 1. The molecule has 0 atom stereocenters. The van der Waals surface area contributed by atoms with Crippen molar-refractivity contribution in [3.8, 4) is 0 Å². The summed E-state index contributed by atoms with van der Waals surface area (Å²) in [6, 6.07) is 7.54. The number of aliphatic imine (C=N–C) groups is 1. The van der Waals surface area contributed by atoms with Crippen molar-refractivity contribution in [2.75, 3.05) is 7.05 Å². The maximum absolute atomic E-state index is 11.7. The summed E-state index contributed by atoms with van der Waals surface area (Å²) < 4.78 is 0. The van der Waals surface area contributed by atoms with Gasteiger partial charge in [0, 0.05) is 12.6 Å². The first-order valence-corrected chi connectivity index (χ1v) is 4.11. The Labute approximate surface area is 76.6 Å². The number of hydrogen-bond acceptors (Lipinski definition) is 2. The Bertz CT molecular complexity index is 416. The number of benzene rings is 1. The Balaban J connectivity index is 2.61. The van der Waals surface area contributed by atoms with E-state index in [1.807, 2.05) is 30.3 Å². The highest BCUT2D eigenvalue weighted by atomic mass is 16.1. The minimum atomic E-state index is 0.0144. The van der Waals surface area contributed by atoms with Crippen LogP contribution in [-0.4, -0.2) is 18.5 Å². The van der Waals surface area contributed by atoms with Gasteiger partial charge in [0.05, 0.1) is 0 Å². The molecule has 64 valence electrons. The van der Waals surface area contributed by atoms with Gasteiger partial charge in [-0.1, -0.05) is 30.3 Å². The van der Waals surface area contributed by atoms with Crippen molar-refractivity contribution in [2.24, 2.45) is 4.99 Å². The molecule has 2 heteroatoms. The van der Waals surface area contributed by atoms with Gasteiger partial charge in [-0.05, 0) is 11.6 Å². The average molecular weight is 171 g/mol. The van der Waals surface area contributed by atoms with E-state index in [-0.39, 0.29) is 5.78 Å². The van der Waals surface area contributed by atoms with Crippen molar-refractivity contribution in [3.63, 3.8) is 0 Å². The van der Waals surface area contributed by atoms with Crippen LogP contribution in [0.2, 0.25) is 0 Å². The van der Waals surface area contributed by atoms with E-state index in [4.69, 9.17) is 0 Å². The highest BCUT2D eigenvalue weighted by Gasteiger charge is 2.17. The first-order chi connectivity index (χ1) is 6.33. The van der Waals surface area contributed by atoms with E-state index < -0.39 is 0 Å². The predicted molar refractivity (Wildman–Crippen MR) is 53.2 cm³/mol. The lowest BCUT2D eigenvalue weighted by molar-refractivity contribution is 0.106. The van der Waals surface area contributed by atoms with Crippen LogP contribution in [0.4, 0.5) is 0 Å². The fraction of sp³-hybridized carbons (Fsp3) is 0.0909. The maximum Gasteiger partial charge on any atom is 0.211 e. The van der Waals surface area contributed by atoms with Gasteiger partial charge in [0.2, 0.25) is 5.78 Å². The second-order valence-electron chi connectivity index (χ2n) is 2.86. The molecular weight excluding hydrogens is 162 g/mol. The number of fused-ring (bicyclic) bond motifs is 1. The number of Topliss-reactive ketones (excluding diaryl/α,β-unsaturated/α-hetero) is 1. The molecule has 0 heterocycles. The van der Waals surface area contributed by atoms with E-state index in [1.54, 1.807) is 13.1 Å². The van der Waals surface area contributed by atoms with E-state index in [2.05, 4.69) is 4.99 Å². The third-order valence-corrected chi connectivity index (χ3v) is 2.10. The highest BCUT2D eigenvalue weighted by Crippen LogP contribution is 2.16. The number of carbonyl (C=O) groups excluding carboxylic acids is 1. The first-order valence-electron chi connectivity index (χ1n) is 4.11. The number of rotatable bonds is 0. The summed E-state index contributed by atoms with van der Waals surface area (Å²) in [4.78, 5) is 15.6. The Morgan fingerprint density at radius 1 is 1.15 bits per heavy atom. The minimum absolute atomic E-state index is 0.0144. The third kappa shape index (κ3) is 1.20. The Hall–Kier alpha value is -1.70. The van der Waals surface area contributed by atoms with Crippen LogP contribution in [-0.2, 0) is 0 Å². The number of carbonyl (C=O) groups is 1. The zero-order valence-electron chi connectivity index (χ0n) is 7.32.